The van der Waals surface area contributed by atoms with Gasteiger partial charge in [0.1, 0.15) is 0 Å². The molecule has 1 saturated heterocycles. The smallest absolute Gasteiger partial charge is 0.258 e. The van der Waals surface area contributed by atoms with Crippen molar-refractivity contribution in [1.29, 1.82) is 0 Å². The van der Waals surface area contributed by atoms with Gasteiger partial charge < -0.3 is 25.4 Å². The Kier molecular flexibility index (Phi) is 5.96. The predicted molar refractivity (Wildman–Crippen MR) is 93.2 cm³/mol. The standard InChI is InChI=1S/C16H18F2N4O3S/c17-11-2-1-10(15(14(11)18)25-7-13(23)20-9-19)12-8-26-16(21-12)22-3-5-24-6-4-22/h1-2,8H,3-7,9,19H2,(H,20,23). The van der Waals surface area contributed by atoms with Crippen molar-refractivity contribution in [1.82, 2.24) is 10.3 Å². The van der Waals surface area contributed by atoms with E-state index in [1.807, 2.05) is 0 Å². The molecule has 10 heteroatoms. The van der Waals surface area contributed by atoms with Crippen LogP contribution in [-0.2, 0) is 9.53 Å². The molecule has 1 aliphatic rings. The molecular formula is C16H18F2N4O3S. The maximum Gasteiger partial charge on any atom is 0.258 e. The largest absolute Gasteiger partial charge is 0.480 e. The molecule has 0 saturated carbocycles. The number of morpholine rings is 1. The molecule has 0 aliphatic carbocycles. The fraction of sp³-hybridized carbons (Fsp3) is 0.375. The van der Waals surface area contributed by atoms with Gasteiger partial charge in [0.15, 0.2) is 23.3 Å². The highest BCUT2D eigenvalue weighted by Crippen LogP contribution is 2.36. The first-order chi connectivity index (χ1) is 12.6. The predicted octanol–water partition coefficient (Wildman–Crippen LogP) is 1.34. The number of rotatable bonds is 6. The lowest BCUT2D eigenvalue weighted by Gasteiger charge is -2.26. The van der Waals surface area contributed by atoms with Gasteiger partial charge >= 0.3 is 0 Å². The van der Waals surface area contributed by atoms with E-state index < -0.39 is 24.1 Å². The number of aromatic nitrogens is 1. The zero-order valence-corrected chi connectivity index (χ0v) is 14.7. The molecule has 26 heavy (non-hydrogen) atoms. The lowest BCUT2D eigenvalue weighted by molar-refractivity contribution is -0.123. The number of halogens is 2. The van der Waals surface area contributed by atoms with E-state index in [0.29, 0.717) is 32.0 Å². The van der Waals surface area contributed by atoms with Gasteiger partial charge in [-0.15, -0.1) is 11.3 Å². The SMILES string of the molecule is NCNC(=O)COc1c(-c2csc(N3CCOCC3)n2)ccc(F)c1F. The van der Waals surface area contributed by atoms with Gasteiger partial charge in [-0.1, -0.05) is 0 Å². The monoisotopic (exact) mass is 384 g/mol. The number of nitrogens with two attached hydrogens (primary N) is 1. The Bertz CT molecular complexity index is 781. The Labute approximate surface area is 152 Å². The Morgan fingerprint density at radius 2 is 2.15 bits per heavy atom. The topological polar surface area (TPSA) is 89.7 Å². The van der Waals surface area contributed by atoms with Crippen LogP contribution in [0.5, 0.6) is 5.75 Å². The second-order valence-corrected chi connectivity index (χ2v) is 6.28. The first-order valence-electron chi connectivity index (χ1n) is 7.96. The normalized spacial score (nSPS) is 14.3. The van der Waals surface area contributed by atoms with Gasteiger partial charge in [-0.05, 0) is 12.1 Å². The summed E-state index contributed by atoms with van der Waals surface area (Å²) in [7, 11) is 0. The fourth-order valence-corrected chi connectivity index (χ4v) is 3.34. The van der Waals surface area contributed by atoms with Crippen molar-refractivity contribution >= 4 is 22.4 Å². The molecule has 0 spiro atoms. The number of anilines is 1. The lowest BCUT2D eigenvalue weighted by atomic mass is 10.1. The molecule has 140 valence electrons. The zero-order chi connectivity index (χ0) is 18.5. The quantitative estimate of drug-likeness (QED) is 0.731. The van der Waals surface area contributed by atoms with Crippen molar-refractivity contribution in [2.75, 3.05) is 44.5 Å². The highest BCUT2D eigenvalue weighted by atomic mass is 32.1. The number of benzene rings is 1. The van der Waals surface area contributed by atoms with E-state index in [9.17, 15) is 13.6 Å². The maximum atomic E-state index is 14.2. The van der Waals surface area contributed by atoms with E-state index in [-0.39, 0.29) is 18.0 Å². The van der Waals surface area contributed by atoms with E-state index >= 15 is 0 Å². The number of carbonyl (C=O) groups is 1. The summed E-state index contributed by atoms with van der Waals surface area (Å²) in [5.41, 5.74) is 5.93. The van der Waals surface area contributed by atoms with Crippen LogP contribution >= 0.6 is 11.3 Å². The Morgan fingerprint density at radius 1 is 1.38 bits per heavy atom. The number of amides is 1. The summed E-state index contributed by atoms with van der Waals surface area (Å²) in [6, 6.07) is 2.39. The number of hydrogen-bond acceptors (Lipinski definition) is 7. The van der Waals surface area contributed by atoms with Gasteiger partial charge in [-0.2, -0.15) is 4.39 Å². The van der Waals surface area contributed by atoms with E-state index in [4.69, 9.17) is 15.2 Å². The van der Waals surface area contributed by atoms with Crippen LogP contribution in [0.2, 0.25) is 0 Å². The van der Waals surface area contributed by atoms with E-state index in [0.717, 1.165) is 11.2 Å². The molecule has 3 rings (SSSR count). The summed E-state index contributed by atoms with van der Waals surface area (Å²) in [6.45, 7) is 2.11. The number of hydrogen-bond donors (Lipinski definition) is 2. The van der Waals surface area contributed by atoms with Crippen LogP contribution in [0.15, 0.2) is 17.5 Å². The molecule has 1 aromatic heterocycles. The third kappa shape index (κ3) is 4.09. The van der Waals surface area contributed by atoms with Gasteiger partial charge in [-0.25, -0.2) is 9.37 Å². The van der Waals surface area contributed by atoms with Gasteiger partial charge in [0, 0.05) is 24.0 Å². The van der Waals surface area contributed by atoms with Gasteiger partial charge in [0.25, 0.3) is 5.91 Å². The van der Waals surface area contributed by atoms with Crippen LogP contribution in [0.1, 0.15) is 0 Å². The fourth-order valence-electron chi connectivity index (χ4n) is 2.47. The van der Waals surface area contributed by atoms with Crippen LogP contribution in [0.25, 0.3) is 11.3 Å². The molecule has 1 fully saturated rings. The third-order valence-electron chi connectivity index (χ3n) is 3.75. The molecule has 1 aliphatic heterocycles. The van der Waals surface area contributed by atoms with Crippen molar-refractivity contribution in [2.24, 2.45) is 5.73 Å². The van der Waals surface area contributed by atoms with Crippen molar-refractivity contribution < 1.29 is 23.0 Å². The van der Waals surface area contributed by atoms with E-state index in [1.54, 1.807) is 5.38 Å². The minimum atomic E-state index is -1.16. The minimum Gasteiger partial charge on any atom is -0.480 e. The first-order valence-corrected chi connectivity index (χ1v) is 8.84. The van der Waals surface area contributed by atoms with E-state index in [2.05, 4.69) is 15.2 Å². The average Bonchev–Trinajstić information content (AvgIpc) is 3.14. The molecule has 2 aromatic rings. The van der Waals surface area contributed by atoms with Gasteiger partial charge in [0.2, 0.25) is 5.82 Å². The minimum absolute atomic E-state index is 0.0737. The van der Waals surface area contributed by atoms with Crippen molar-refractivity contribution in [3.63, 3.8) is 0 Å². The maximum absolute atomic E-state index is 14.2. The number of nitrogens with zero attached hydrogens (tertiary/aromatic N) is 2. The Hall–Kier alpha value is -2.30. The molecule has 0 atom stereocenters. The molecular weight excluding hydrogens is 366 g/mol. The molecule has 1 aromatic carbocycles. The first kappa shape index (κ1) is 18.5. The Morgan fingerprint density at radius 3 is 2.88 bits per heavy atom. The highest BCUT2D eigenvalue weighted by molar-refractivity contribution is 7.14. The highest BCUT2D eigenvalue weighted by Gasteiger charge is 2.21. The molecule has 0 bridgehead atoms. The summed E-state index contributed by atoms with van der Waals surface area (Å²) in [6.07, 6.45) is 0. The number of nitrogens with one attached hydrogen (secondary N) is 1. The number of ether oxygens (including phenoxy) is 2. The average molecular weight is 384 g/mol. The lowest BCUT2D eigenvalue weighted by Crippen LogP contribution is -2.36. The van der Waals surface area contributed by atoms with Crippen LogP contribution in [-0.4, -0.2) is 50.5 Å². The number of thiazole rings is 1. The van der Waals surface area contributed by atoms with Crippen LogP contribution in [0, 0.1) is 11.6 Å². The summed E-state index contributed by atoms with van der Waals surface area (Å²) >= 11 is 1.39. The van der Waals surface area contributed by atoms with E-state index in [1.165, 1.54) is 17.4 Å². The van der Waals surface area contributed by atoms with Crippen LogP contribution in [0.3, 0.4) is 0 Å². The molecule has 0 unspecified atom stereocenters. The molecule has 2 heterocycles. The van der Waals surface area contributed by atoms with Crippen LogP contribution in [0.4, 0.5) is 13.9 Å². The van der Waals surface area contributed by atoms with Gasteiger partial charge in [0.05, 0.1) is 25.6 Å². The third-order valence-corrected chi connectivity index (χ3v) is 4.65. The second-order valence-electron chi connectivity index (χ2n) is 5.45. The molecule has 1 amide bonds. The molecule has 3 N–H and O–H groups in total. The zero-order valence-electron chi connectivity index (χ0n) is 13.8. The summed E-state index contributed by atoms with van der Waals surface area (Å²) < 4.78 is 38.4. The van der Waals surface area contributed by atoms with Crippen molar-refractivity contribution in [3.8, 4) is 17.0 Å². The van der Waals surface area contributed by atoms with Crippen molar-refractivity contribution in [3.05, 3.63) is 29.1 Å². The van der Waals surface area contributed by atoms with Gasteiger partial charge in [-0.3, -0.25) is 4.79 Å². The molecule has 0 radical (unpaired) electrons. The summed E-state index contributed by atoms with van der Waals surface area (Å²) in [5, 5.41) is 4.83. The van der Waals surface area contributed by atoms with Crippen molar-refractivity contribution in [2.45, 2.75) is 0 Å². The van der Waals surface area contributed by atoms with Crippen LogP contribution < -0.4 is 20.7 Å². The molecule has 7 nitrogen and oxygen atoms in total. The second kappa shape index (κ2) is 8.39. The summed E-state index contributed by atoms with van der Waals surface area (Å²) in [4.78, 5) is 18.1. The summed E-state index contributed by atoms with van der Waals surface area (Å²) in [5.74, 6) is -3.11. The Balaban J connectivity index is 1.86. The number of carbonyl (C=O) groups excluding carboxylic acids is 1.